The van der Waals surface area contributed by atoms with Gasteiger partial charge in [-0.15, -0.1) is 0 Å². The highest BCUT2D eigenvalue weighted by Gasteiger charge is 2.13. The van der Waals surface area contributed by atoms with Crippen LogP contribution >= 0.6 is 15.9 Å². The molecule has 0 fully saturated rings. The van der Waals surface area contributed by atoms with E-state index in [1.165, 1.54) is 6.07 Å². The number of carbonyl (C=O) groups excluding carboxylic acids is 1. The van der Waals surface area contributed by atoms with E-state index in [0.29, 0.717) is 11.3 Å². The van der Waals surface area contributed by atoms with E-state index >= 15 is 0 Å². The van der Waals surface area contributed by atoms with Crippen LogP contribution in [0.25, 0.3) is 0 Å². The van der Waals surface area contributed by atoms with Crippen molar-refractivity contribution in [1.29, 1.82) is 0 Å². The fourth-order valence-electron chi connectivity index (χ4n) is 1.51. The smallest absolute Gasteiger partial charge is 0.187 e. The second-order valence-corrected chi connectivity index (χ2v) is 4.63. The molecule has 0 spiro atoms. The molecule has 2 aromatic rings. The van der Waals surface area contributed by atoms with E-state index in [1.54, 1.807) is 36.1 Å². The molecule has 0 radical (unpaired) electrons. The maximum absolute atomic E-state index is 13.5. The Kier molecular flexibility index (Phi) is 3.38. The van der Waals surface area contributed by atoms with Gasteiger partial charge in [0.25, 0.3) is 0 Å². The third-order valence-corrected chi connectivity index (χ3v) is 2.85. The van der Waals surface area contributed by atoms with Crippen LogP contribution in [0.3, 0.4) is 0 Å². The van der Waals surface area contributed by atoms with Crippen molar-refractivity contribution >= 4 is 21.7 Å². The first-order valence-electron chi connectivity index (χ1n) is 5.03. The molecule has 5 heteroatoms. The van der Waals surface area contributed by atoms with Crippen LogP contribution in [0, 0.1) is 5.82 Å². The van der Waals surface area contributed by atoms with Gasteiger partial charge in [-0.05, 0) is 29.8 Å². The lowest BCUT2D eigenvalue weighted by molar-refractivity contribution is 0.0986. The number of hydrogen-bond acceptors (Lipinski definition) is 2. The van der Waals surface area contributed by atoms with Crippen molar-refractivity contribution < 1.29 is 9.18 Å². The maximum atomic E-state index is 13.5. The summed E-state index contributed by atoms with van der Waals surface area (Å²) in [4.78, 5) is 11.8. The van der Waals surface area contributed by atoms with Gasteiger partial charge in [0.15, 0.2) is 5.78 Å². The summed E-state index contributed by atoms with van der Waals surface area (Å²) >= 11 is 3.25. The summed E-state index contributed by atoms with van der Waals surface area (Å²) in [6.45, 7) is 0. The van der Waals surface area contributed by atoms with Crippen molar-refractivity contribution in [1.82, 2.24) is 9.78 Å². The summed E-state index contributed by atoms with van der Waals surface area (Å²) in [6.07, 6.45) is 1.70. The molecule has 2 rings (SSSR count). The number of hydrogen-bond donors (Lipinski definition) is 0. The van der Waals surface area contributed by atoms with Crippen LogP contribution < -0.4 is 0 Å². The highest BCUT2D eigenvalue weighted by atomic mass is 79.9. The molecule has 0 saturated heterocycles. The van der Waals surface area contributed by atoms with Crippen LogP contribution in [0.5, 0.6) is 0 Å². The number of benzene rings is 1. The Bertz CT molecular complexity index is 565. The van der Waals surface area contributed by atoms with Crippen molar-refractivity contribution in [2.75, 3.05) is 0 Å². The molecule has 3 nitrogen and oxygen atoms in total. The molecule has 0 bridgehead atoms. The number of aryl methyl sites for hydroxylation is 1. The summed E-state index contributed by atoms with van der Waals surface area (Å²) in [5, 5.41) is 3.99. The molecule has 0 saturated carbocycles. The molecule has 17 heavy (non-hydrogen) atoms. The quantitative estimate of drug-likeness (QED) is 0.817. The van der Waals surface area contributed by atoms with Crippen LogP contribution in [0.2, 0.25) is 0 Å². The lowest BCUT2D eigenvalue weighted by atomic mass is 10.1. The highest BCUT2D eigenvalue weighted by Crippen LogP contribution is 2.17. The topological polar surface area (TPSA) is 34.9 Å². The average Bonchev–Trinajstić information content (AvgIpc) is 2.70. The first-order valence-corrected chi connectivity index (χ1v) is 5.82. The molecule has 0 aliphatic heterocycles. The lowest BCUT2D eigenvalue weighted by Crippen LogP contribution is -2.06. The van der Waals surface area contributed by atoms with Crippen molar-refractivity contribution in [3.8, 4) is 0 Å². The largest absolute Gasteiger partial charge is 0.292 e. The van der Waals surface area contributed by atoms with E-state index in [1.807, 2.05) is 0 Å². The standard InChI is InChI=1S/C12H10BrFN2O/c1-16-5-4-11(15-16)12(17)7-8-6-9(13)2-3-10(8)14/h2-6H,7H2,1H3. The monoisotopic (exact) mass is 296 g/mol. The zero-order chi connectivity index (χ0) is 12.4. The third-order valence-electron chi connectivity index (χ3n) is 2.36. The maximum Gasteiger partial charge on any atom is 0.187 e. The molecule has 0 amide bonds. The summed E-state index contributed by atoms with van der Waals surface area (Å²) in [5.74, 6) is -0.569. The predicted octanol–water partition coefficient (Wildman–Crippen LogP) is 2.75. The molecule has 0 unspecified atom stereocenters. The van der Waals surface area contributed by atoms with Crippen LogP contribution in [-0.4, -0.2) is 15.6 Å². The van der Waals surface area contributed by atoms with Gasteiger partial charge in [-0.3, -0.25) is 9.48 Å². The summed E-state index contributed by atoms with van der Waals surface area (Å²) in [7, 11) is 1.73. The van der Waals surface area contributed by atoms with E-state index < -0.39 is 0 Å². The van der Waals surface area contributed by atoms with E-state index in [4.69, 9.17) is 0 Å². The number of carbonyl (C=O) groups is 1. The minimum Gasteiger partial charge on any atom is -0.292 e. The average molecular weight is 297 g/mol. The van der Waals surface area contributed by atoms with Gasteiger partial charge in [-0.25, -0.2) is 4.39 Å². The van der Waals surface area contributed by atoms with Crippen molar-refractivity contribution in [3.63, 3.8) is 0 Å². The summed E-state index contributed by atoms with van der Waals surface area (Å²) in [6, 6.07) is 6.17. The normalized spacial score (nSPS) is 10.5. The molecule has 1 aromatic carbocycles. The van der Waals surface area contributed by atoms with Gasteiger partial charge >= 0.3 is 0 Å². The number of nitrogens with zero attached hydrogens (tertiary/aromatic N) is 2. The summed E-state index contributed by atoms with van der Waals surface area (Å²) in [5.41, 5.74) is 0.724. The number of halogens is 2. The predicted molar refractivity (Wildman–Crippen MR) is 65.3 cm³/mol. The molecule has 88 valence electrons. The van der Waals surface area contributed by atoms with Crippen molar-refractivity contribution in [2.45, 2.75) is 6.42 Å². The summed E-state index contributed by atoms with van der Waals surface area (Å²) < 4.78 is 15.8. The van der Waals surface area contributed by atoms with E-state index in [9.17, 15) is 9.18 Å². The zero-order valence-electron chi connectivity index (χ0n) is 9.15. The molecule has 0 aliphatic rings. The van der Waals surface area contributed by atoms with Gasteiger partial charge < -0.3 is 0 Å². The Balaban J connectivity index is 2.21. The third kappa shape index (κ3) is 2.79. The van der Waals surface area contributed by atoms with Gasteiger partial charge in [-0.1, -0.05) is 15.9 Å². The molecular weight excluding hydrogens is 287 g/mol. The first kappa shape index (κ1) is 12.0. The fraction of sp³-hybridized carbons (Fsp3) is 0.167. The number of Topliss-reactive ketones (excluding diaryl/α,β-unsaturated/α-hetero) is 1. The Morgan fingerprint density at radius 2 is 2.24 bits per heavy atom. The molecule has 1 aromatic heterocycles. The zero-order valence-corrected chi connectivity index (χ0v) is 10.7. The Morgan fingerprint density at radius 1 is 1.47 bits per heavy atom. The van der Waals surface area contributed by atoms with Gasteiger partial charge in [0.1, 0.15) is 11.5 Å². The fourth-order valence-corrected chi connectivity index (χ4v) is 1.91. The molecule has 0 atom stereocenters. The highest BCUT2D eigenvalue weighted by molar-refractivity contribution is 9.10. The van der Waals surface area contributed by atoms with Gasteiger partial charge in [0.05, 0.1) is 0 Å². The molecular formula is C12H10BrFN2O. The minimum absolute atomic E-state index is 0.0162. The van der Waals surface area contributed by atoms with Crippen LogP contribution in [0.15, 0.2) is 34.9 Å². The van der Waals surface area contributed by atoms with Crippen LogP contribution in [0.4, 0.5) is 4.39 Å². The molecule has 0 aliphatic carbocycles. The van der Waals surface area contributed by atoms with Crippen LogP contribution in [0.1, 0.15) is 16.1 Å². The Hall–Kier alpha value is -1.49. The van der Waals surface area contributed by atoms with E-state index in [-0.39, 0.29) is 18.0 Å². The Labute approximate surface area is 106 Å². The van der Waals surface area contributed by atoms with Gasteiger partial charge in [0.2, 0.25) is 0 Å². The van der Waals surface area contributed by atoms with Crippen molar-refractivity contribution in [2.24, 2.45) is 7.05 Å². The molecule has 0 N–H and O–H groups in total. The SMILES string of the molecule is Cn1ccc(C(=O)Cc2cc(Br)ccc2F)n1. The van der Waals surface area contributed by atoms with Crippen LogP contribution in [-0.2, 0) is 13.5 Å². The van der Waals surface area contributed by atoms with E-state index in [0.717, 1.165) is 4.47 Å². The minimum atomic E-state index is -0.377. The first-order chi connectivity index (χ1) is 8.06. The number of rotatable bonds is 3. The second kappa shape index (κ2) is 4.79. The van der Waals surface area contributed by atoms with Crippen molar-refractivity contribution in [3.05, 3.63) is 52.0 Å². The Morgan fingerprint density at radius 3 is 2.88 bits per heavy atom. The van der Waals surface area contributed by atoms with Gasteiger partial charge in [0, 0.05) is 24.1 Å². The lowest BCUT2D eigenvalue weighted by Gasteiger charge is -2.02. The van der Waals surface area contributed by atoms with E-state index in [2.05, 4.69) is 21.0 Å². The number of aromatic nitrogens is 2. The number of ketones is 1. The second-order valence-electron chi connectivity index (χ2n) is 3.71. The van der Waals surface area contributed by atoms with Gasteiger partial charge in [-0.2, -0.15) is 5.10 Å². The molecule has 1 heterocycles.